The third-order valence-corrected chi connectivity index (χ3v) is 6.06. The number of carbonyl (C=O) groups is 1. The van der Waals surface area contributed by atoms with Gasteiger partial charge in [-0.25, -0.2) is 13.1 Å². The quantitative estimate of drug-likeness (QED) is 0.639. The normalized spacial score (nSPS) is 12.7. The topological polar surface area (TPSA) is 75.3 Å². The Balaban J connectivity index is 1.77. The number of hydrogen-bond acceptors (Lipinski definition) is 3. The molecule has 0 aliphatic heterocycles. The lowest BCUT2D eigenvalue weighted by molar-refractivity contribution is -0.121. The minimum atomic E-state index is -3.48. The van der Waals surface area contributed by atoms with E-state index in [0.29, 0.717) is 12.8 Å². The third kappa shape index (κ3) is 7.44. The van der Waals surface area contributed by atoms with Crippen LogP contribution in [-0.2, 0) is 27.7 Å². The standard InChI is InChI=1S/C22H30N2O3S/c1-17(2)24-28(26,27)21-14-11-20(12-15-21)13-16-22(25)23-18(3)9-10-19-7-5-4-6-8-19/h4-8,11-12,14-15,17-18,24H,9-10,13,16H2,1-3H3,(H,23,25)/t18-/m0/s1. The van der Waals surface area contributed by atoms with E-state index in [0.717, 1.165) is 18.4 Å². The lowest BCUT2D eigenvalue weighted by Gasteiger charge is -2.14. The average molecular weight is 403 g/mol. The first kappa shape index (κ1) is 22.1. The van der Waals surface area contributed by atoms with Crippen molar-refractivity contribution in [3.63, 3.8) is 0 Å². The summed E-state index contributed by atoms with van der Waals surface area (Å²) in [5.74, 6) is 0.0127. The highest BCUT2D eigenvalue weighted by Crippen LogP contribution is 2.12. The summed E-state index contributed by atoms with van der Waals surface area (Å²) in [5, 5.41) is 3.03. The van der Waals surface area contributed by atoms with Crippen molar-refractivity contribution in [3.8, 4) is 0 Å². The highest BCUT2D eigenvalue weighted by molar-refractivity contribution is 7.89. The molecular formula is C22H30N2O3S. The van der Waals surface area contributed by atoms with E-state index in [1.165, 1.54) is 5.56 Å². The van der Waals surface area contributed by atoms with Gasteiger partial charge in [0, 0.05) is 18.5 Å². The molecule has 0 spiro atoms. The zero-order valence-electron chi connectivity index (χ0n) is 16.8. The van der Waals surface area contributed by atoms with E-state index >= 15 is 0 Å². The molecule has 6 heteroatoms. The number of benzene rings is 2. The fourth-order valence-electron chi connectivity index (χ4n) is 2.92. The van der Waals surface area contributed by atoms with E-state index in [1.807, 2.05) is 25.1 Å². The van der Waals surface area contributed by atoms with E-state index in [1.54, 1.807) is 38.1 Å². The van der Waals surface area contributed by atoms with Gasteiger partial charge in [-0.2, -0.15) is 0 Å². The first-order chi connectivity index (χ1) is 13.3. The van der Waals surface area contributed by atoms with Crippen molar-refractivity contribution in [2.24, 2.45) is 0 Å². The maximum absolute atomic E-state index is 12.2. The van der Waals surface area contributed by atoms with Crippen LogP contribution in [0.5, 0.6) is 0 Å². The number of hydrogen-bond donors (Lipinski definition) is 2. The first-order valence-electron chi connectivity index (χ1n) is 9.71. The maximum Gasteiger partial charge on any atom is 0.240 e. The summed E-state index contributed by atoms with van der Waals surface area (Å²) in [6, 6.07) is 16.9. The molecule has 0 unspecified atom stereocenters. The number of amides is 1. The van der Waals surface area contributed by atoms with Gasteiger partial charge in [0.25, 0.3) is 0 Å². The van der Waals surface area contributed by atoms with Gasteiger partial charge in [0.1, 0.15) is 0 Å². The zero-order chi connectivity index (χ0) is 20.6. The molecule has 1 atom stereocenters. The molecular weight excluding hydrogens is 372 g/mol. The Morgan fingerprint density at radius 2 is 1.50 bits per heavy atom. The molecule has 28 heavy (non-hydrogen) atoms. The van der Waals surface area contributed by atoms with E-state index in [2.05, 4.69) is 22.2 Å². The largest absolute Gasteiger partial charge is 0.354 e. The second kappa shape index (κ2) is 10.4. The second-order valence-electron chi connectivity index (χ2n) is 7.41. The molecule has 0 aliphatic carbocycles. The Hall–Kier alpha value is -2.18. The van der Waals surface area contributed by atoms with Gasteiger partial charge in [0.15, 0.2) is 0 Å². The van der Waals surface area contributed by atoms with Crippen molar-refractivity contribution < 1.29 is 13.2 Å². The Kier molecular flexibility index (Phi) is 8.20. The summed E-state index contributed by atoms with van der Waals surface area (Å²) in [5.41, 5.74) is 2.21. The first-order valence-corrected chi connectivity index (χ1v) is 11.2. The van der Waals surface area contributed by atoms with Crippen LogP contribution in [0, 0.1) is 0 Å². The summed E-state index contributed by atoms with van der Waals surface area (Å²) in [6.45, 7) is 5.58. The van der Waals surface area contributed by atoms with Crippen molar-refractivity contribution in [1.29, 1.82) is 0 Å². The smallest absolute Gasteiger partial charge is 0.240 e. The van der Waals surface area contributed by atoms with Crippen LogP contribution in [0.15, 0.2) is 59.5 Å². The number of rotatable bonds is 10. The number of sulfonamides is 1. The monoisotopic (exact) mass is 402 g/mol. The Bertz CT molecular complexity index is 847. The van der Waals surface area contributed by atoms with Gasteiger partial charge in [-0.05, 0) is 63.3 Å². The molecule has 0 aliphatic rings. The van der Waals surface area contributed by atoms with Gasteiger partial charge < -0.3 is 5.32 Å². The molecule has 2 N–H and O–H groups in total. The van der Waals surface area contributed by atoms with Crippen molar-refractivity contribution >= 4 is 15.9 Å². The van der Waals surface area contributed by atoms with Crippen molar-refractivity contribution in [3.05, 3.63) is 65.7 Å². The highest BCUT2D eigenvalue weighted by atomic mass is 32.2. The summed E-state index contributed by atoms with van der Waals surface area (Å²) in [7, 11) is -3.48. The zero-order valence-corrected chi connectivity index (χ0v) is 17.6. The SMILES string of the molecule is CC(C)NS(=O)(=O)c1ccc(CCC(=O)N[C@@H](C)CCc2ccccc2)cc1. The average Bonchev–Trinajstić information content (AvgIpc) is 2.65. The molecule has 0 aromatic heterocycles. The summed E-state index contributed by atoms with van der Waals surface area (Å²) >= 11 is 0. The maximum atomic E-state index is 12.2. The van der Waals surface area contributed by atoms with Crippen LogP contribution in [0.2, 0.25) is 0 Å². The molecule has 0 radical (unpaired) electrons. The van der Waals surface area contributed by atoms with Gasteiger partial charge in [-0.15, -0.1) is 0 Å². The summed E-state index contributed by atoms with van der Waals surface area (Å²) in [6.07, 6.45) is 2.79. The van der Waals surface area contributed by atoms with Gasteiger partial charge in [0.05, 0.1) is 4.90 Å². The predicted molar refractivity (Wildman–Crippen MR) is 113 cm³/mol. The molecule has 2 rings (SSSR count). The van der Waals surface area contributed by atoms with Gasteiger partial charge in [-0.3, -0.25) is 4.79 Å². The molecule has 5 nitrogen and oxygen atoms in total. The van der Waals surface area contributed by atoms with Crippen LogP contribution in [-0.4, -0.2) is 26.4 Å². The Labute approximate surface area is 168 Å². The fraction of sp³-hybridized carbons (Fsp3) is 0.409. The molecule has 0 heterocycles. The third-order valence-electron chi connectivity index (χ3n) is 4.38. The van der Waals surface area contributed by atoms with E-state index in [9.17, 15) is 13.2 Å². The predicted octanol–water partition coefficient (Wildman–Crippen LogP) is 3.44. The second-order valence-corrected chi connectivity index (χ2v) is 9.13. The van der Waals surface area contributed by atoms with Gasteiger partial charge in [-0.1, -0.05) is 42.5 Å². The lowest BCUT2D eigenvalue weighted by atomic mass is 10.1. The Morgan fingerprint density at radius 3 is 2.11 bits per heavy atom. The number of nitrogens with one attached hydrogen (secondary N) is 2. The fourth-order valence-corrected chi connectivity index (χ4v) is 4.17. The Morgan fingerprint density at radius 1 is 0.893 bits per heavy atom. The lowest BCUT2D eigenvalue weighted by Crippen LogP contribution is -2.33. The van der Waals surface area contributed by atoms with Crippen molar-refractivity contribution in [1.82, 2.24) is 10.0 Å². The molecule has 2 aromatic carbocycles. The molecule has 0 saturated carbocycles. The van der Waals surface area contributed by atoms with E-state index < -0.39 is 10.0 Å². The van der Waals surface area contributed by atoms with Crippen LogP contribution in [0.4, 0.5) is 0 Å². The van der Waals surface area contributed by atoms with E-state index in [4.69, 9.17) is 0 Å². The van der Waals surface area contributed by atoms with Crippen LogP contribution in [0.25, 0.3) is 0 Å². The summed E-state index contributed by atoms with van der Waals surface area (Å²) < 4.78 is 26.8. The van der Waals surface area contributed by atoms with Crippen LogP contribution < -0.4 is 10.0 Å². The minimum Gasteiger partial charge on any atom is -0.354 e. The molecule has 152 valence electrons. The van der Waals surface area contributed by atoms with Gasteiger partial charge >= 0.3 is 0 Å². The van der Waals surface area contributed by atoms with Crippen molar-refractivity contribution in [2.45, 2.75) is 63.4 Å². The van der Waals surface area contributed by atoms with Gasteiger partial charge in [0.2, 0.25) is 15.9 Å². The molecule has 0 saturated heterocycles. The number of aryl methyl sites for hydroxylation is 2. The van der Waals surface area contributed by atoms with Crippen molar-refractivity contribution in [2.75, 3.05) is 0 Å². The molecule has 1 amide bonds. The molecule has 2 aromatic rings. The minimum absolute atomic E-state index is 0.0127. The van der Waals surface area contributed by atoms with Crippen LogP contribution >= 0.6 is 0 Å². The van der Waals surface area contributed by atoms with Crippen LogP contribution in [0.1, 0.15) is 44.7 Å². The highest BCUT2D eigenvalue weighted by Gasteiger charge is 2.15. The molecule has 0 fully saturated rings. The number of carbonyl (C=O) groups excluding carboxylic acids is 1. The van der Waals surface area contributed by atoms with Crippen LogP contribution in [0.3, 0.4) is 0 Å². The van der Waals surface area contributed by atoms with E-state index in [-0.39, 0.29) is 22.9 Å². The molecule has 0 bridgehead atoms. The summed E-state index contributed by atoms with van der Waals surface area (Å²) in [4.78, 5) is 12.4.